The van der Waals surface area contributed by atoms with Crippen LogP contribution in [0.2, 0.25) is 0 Å². The van der Waals surface area contributed by atoms with E-state index in [1.54, 1.807) is 0 Å². The van der Waals surface area contributed by atoms with E-state index in [4.69, 9.17) is 0 Å². The van der Waals surface area contributed by atoms with Crippen molar-refractivity contribution in [3.05, 3.63) is 35.9 Å². The van der Waals surface area contributed by atoms with Gasteiger partial charge < -0.3 is 4.79 Å². The Bertz CT molecular complexity index is 205. The monoisotopic (exact) mass is 134 g/mol. The summed E-state index contributed by atoms with van der Waals surface area (Å²) in [6, 6.07) is 9.36. The van der Waals surface area contributed by atoms with Crippen LogP contribution in [0.3, 0.4) is 0 Å². The van der Waals surface area contributed by atoms with E-state index in [0.29, 0.717) is 16.3 Å². The van der Waals surface area contributed by atoms with Crippen molar-refractivity contribution in [3.63, 3.8) is 0 Å². The Morgan fingerprint density at radius 1 is 1.22 bits per heavy atom. The molecule has 0 aromatic heterocycles. The fraction of sp³-hybridized carbons (Fsp3) is 0. The van der Waals surface area contributed by atoms with Crippen molar-refractivity contribution in [1.82, 2.24) is 0 Å². The zero-order chi connectivity index (χ0) is 6.69. The summed E-state index contributed by atoms with van der Waals surface area (Å²) < 4.78 is 0.260. The second-order valence-corrected chi connectivity index (χ2v) is 2.83. The first-order chi connectivity index (χ1) is 4.30. The van der Waals surface area contributed by atoms with Crippen LogP contribution in [-0.2, 0) is 0 Å². The molecule has 0 saturated carbocycles. The van der Waals surface area contributed by atoms with Crippen molar-refractivity contribution in [2.75, 3.05) is 0 Å². The molecule has 0 aliphatic rings. The van der Waals surface area contributed by atoms with Gasteiger partial charge in [-0.15, -0.1) is 0 Å². The van der Waals surface area contributed by atoms with Gasteiger partial charge in [0.15, 0.2) is 0 Å². The molecular weight excluding hydrogens is 127 g/mol. The summed E-state index contributed by atoms with van der Waals surface area (Å²) in [7, 11) is 0. The van der Waals surface area contributed by atoms with E-state index >= 15 is 0 Å². The van der Waals surface area contributed by atoms with E-state index in [9.17, 15) is 4.79 Å². The topological polar surface area (TPSA) is 17.1 Å². The lowest BCUT2D eigenvalue weighted by molar-refractivity contribution is 0.108. The molecule has 0 heterocycles. The summed E-state index contributed by atoms with van der Waals surface area (Å²) in [5.41, 5.74) is 0.837. The Hall–Kier alpha value is -0.578. The second kappa shape index (κ2) is 2.82. The van der Waals surface area contributed by atoms with Crippen LogP contribution in [0.4, 0.5) is 0 Å². The average molecular weight is 134 g/mol. The first kappa shape index (κ1) is 6.54. The van der Waals surface area contributed by atoms with Crippen LogP contribution in [0.1, 0.15) is 10.4 Å². The van der Waals surface area contributed by atoms with Gasteiger partial charge in [0.25, 0.3) is 0 Å². The zero-order valence-electron chi connectivity index (χ0n) is 5.29. The quantitative estimate of drug-likeness (QED) is 0.510. The molecule has 0 radical (unpaired) electrons. The van der Waals surface area contributed by atoms with Crippen LogP contribution in [0.5, 0.6) is 0 Å². The normalized spacial score (nSPS) is 8.89. The molecule has 1 rings (SSSR count). The summed E-state index contributed by atoms with van der Waals surface area (Å²) >= 11 is 0.618. The molecule has 0 spiro atoms. The Morgan fingerprint density at radius 2 is 1.78 bits per heavy atom. The fourth-order valence-corrected chi connectivity index (χ4v) is 1.01. The third-order valence-corrected chi connectivity index (χ3v) is 1.76. The van der Waals surface area contributed by atoms with Crippen molar-refractivity contribution in [2.45, 2.75) is 0 Å². The lowest BCUT2D eigenvalue weighted by Crippen LogP contribution is -1.94. The van der Waals surface area contributed by atoms with Crippen LogP contribution < -0.4 is 0 Å². The smallest absolute Gasteiger partial charge is 0.317 e. The van der Waals surface area contributed by atoms with Crippen molar-refractivity contribution in [2.24, 2.45) is 0 Å². The number of carbonyl (C=O) groups is 1. The van der Waals surface area contributed by atoms with Crippen molar-refractivity contribution in [3.8, 4) is 0 Å². The van der Waals surface area contributed by atoms with Crippen LogP contribution in [-0.4, -0.2) is 20.9 Å². The lowest BCUT2D eigenvalue weighted by atomic mass is 10.2. The highest BCUT2D eigenvalue weighted by Crippen LogP contribution is 1.95. The van der Waals surface area contributed by atoms with Crippen LogP contribution >= 0.6 is 0 Å². The summed E-state index contributed by atoms with van der Waals surface area (Å²) in [6.07, 6.45) is 0. The first-order valence-electron chi connectivity index (χ1n) is 2.86. The molecule has 0 N–H and O–H groups in total. The predicted molar refractivity (Wildman–Crippen MR) is 39.3 cm³/mol. The molecule has 0 unspecified atom stereocenters. The molecule has 1 aromatic carbocycles. The van der Waals surface area contributed by atoms with Gasteiger partial charge >= 0.3 is 16.3 Å². The van der Waals surface area contributed by atoms with Gasteiger partial charge in [0.05, 0.1) is 4.65 Å². The predicted octanol–water partition coefficient (Wildman–Crippen LogP) is 0.460. The molecule has 0 amide bonds. The maximum absolute atomic E-state index is 10.7. The summed E-state index contributed by atoms with van der Waals surface area (Å²) in [5, 5.41) is 0. The maximum atomic E-state index is 10.7. The van der Waals surface area contributed by atoms with Crippen molar-refractivity contribution in [1.29, 1.82) is 0 Å². The summed E-state index contributed by atoms with van der Waals surface area (Å²) in [5.74, 6) is 0. The van der Waals surface area contributed by atoms with Crippen molar-refractivity contribution < 1.29 is 4.79 Å². The maximum Gasteiger partial charge on any atom is 0.327 e. The molecular formula is C7H7AlO. The molecule has 0 bridgehead atoms. The standard InChI is InChI=1S/C7H5O.Al.2H/c8-6-7-4-2-1-3-5-7;;;/h1-5H;;;. The highest BCUT2D eigenvalue weighted by molar-refractivity contribution is 6.62. The Labute approximate surface area is 62.1 Å². The van der Waals surface area contributed by atoms with Gasteiger partial charge in [-0.25, -0.2) is 0 Å². The SMILES string of the molecule is O=[C]([AlH2])c1ccccc1. The number of carbonyl (C=O) groups excluding carboxylic acids is 1. The first-order valence-corrected chi connectivity index (χ1v) is 3.86. The molecule has 2 heteroatoms. The molecule has 1 nitrogen and oxygen atoms in total. The lowest BCUT2D eigenvalue weighted by Gasteiger charge is -1.90. The minimum absolute atomic E-state index is 0.260. The van der Waals surface area contributed by atoms with Crippen molar-refractivity contribution >= 4 is 20.9 Å². The Morgan fingerprint density at radius 3 is 2.11 bits per heavy atom. The van der Waals surface area contributed by atoms with Gasteiger partial charge in [-0.05, 0) is 5.56 Å². The van der Waals surface area contributed by atoms with Gasteiger partial charge in [0.2, 0.25) is 0 Å². The highest BCUT2D eigenvalue weighted by atomic mass is 27.0. The number of hydrogen-bond donors (Lipinski definition) is 0. The van der Waals surface area contributed by atoms with E-state index in [1.165, 1.54) is 0 Å². The van der Waals surface area contributed by atoms with E-state index in [0.717, 1.165) is 5.56 Å². The number of benzene rings is 1. The van der Waals surface area contributed by atoms with Gasteiger partial charge in [0.1, 0.15) is 0 Å². The van der Waals surface area contributed by atoms with E-state index < -0.39 is 0 Å². The highest BCUT2D eigenvalue weighted by Gasteiger charge is 1.92. The molecule has 0 atom stereocenters. The van der Waals surface area contributed by atoms with Gasteiger partial charge in [0, 0.05) is 0 Å². The van der Waals surface area contributed by atoms with Gasteiger partial charge in [-0.2, -0.15) is 0 Å². The minimum atomic E-state index is 0.260. The molecule has 0 fully saturated rings. The molecule has 9 heavy (non-hydrogen) atoms. The average Bonchev–Trinajstić information content (AvgIpc) is 1.90. The van der Waals surface area contributed by atoms with E-state index in [1.807, 2.05) is 30.3 Å². The van der Waals surface area contributed by atoms with E-state index in [2.05, 4.69) is 0 Å². The molecule has 0 aliphatic carbocycles. The minimum Gasteiger partial charge on any atom is -0.317 e. The third-order valence-electron chi connectivity index (χ3n) is 1.18. The van der Waals surface area contributed by atoms with Crippen LogP contribution in [0, 0.1) is 0 Å². The molecule has 0 saturated heterocycles. The Kier molecular flexibility index (Phi) is 2.05. The molecule has 0 aliphatic heterocycles. The third kappa shape index (κ3) is 1.67. The largest absolute Gasteiger partial charge is 0.327 e. The number of rotatable bonds is 1. The number of hydrogen-bond acceptors (Lipinski definition) is 1. The molecule has 44 valence electrons. The van der Waals surface area contributed by atoms with Gasteiger partial charge in [-0.1, -0.05) is 30.3 Å². The summed E-state index contributed by atoms with van der Waals surface area (Å²) in [6.45, 7) is 0. The van der Waals surface area contributed by atoms with E-state index in [-0.39, 0.29) is 4.65 Å². The second-order valence-electron chi connectivity index (χ2n) is 1.92. The zero-order valence-corrected chi connectivity index (χ0v) is 7.29. The Balaban J connectivity index is 2.98. The summed E-state index contributed by atoms with van der Waals surface area (Å²) in [4.78, 5) is 10.7. The fourth-order valence-electron chi connectivity index (χ4n) is 0.673. The van der Waals surface area contributed by atoms with Crippen LogP contribution in [0.25, 0.3) is 0 Å². The van der Waals surface area contributed by atoms with Gasteiger partial charge in [-0.3, -0.25) is 0 Å². The molecule has 1 aromatic rings. The van der Waals surface area contributed by atoms with Crippen LogP contribution in [0.15, 0.2) is 30.3 Å².